The largest absolute Gasteiger partial charge is 0.381 e. The van der Waals surface area contributed by atoms with Crippen LogP contribution in [0.25, 0.3) is 0 Å². The van der Waals surface area contributed by atoms with Gasteiger partial charge in [-0.2, -0.15) is 0 Å². The lowest BCUT2D eigenvalue weighted by molar-refractivity contribution is 0.123. The number of unbranched alkanes of at least 4 members (excludes halogenated alkanes) is 3. The third-order valence-electron chi connectivity index (χ3n) is 3.50. The fraction of sp³-hybridized carbons (Fsp3) is 1.00. The third-order valence-corrected chi connectivity index (χ3v) is 3.50. The van der Waals surface area contributed by atoms with Crippen molar-refractivity contribution >= 4 is 0 Å². The van der Waals surface area contributed by atoms with Crippen LogP contribution in [0.3, 0.4) is 0 Å². The summed E-state index contributed by atoms with van der Waals surface area (Å²) in [6, 6.07) is 0.675. The Morgan fingerprint density at radius 1 is 0.833 bits per heavy atom. The number of rotatable bonds is 12. The molecule has 0 aromatic rings. The van der Waals surface area contributed by atoms with E-state index in [1.807, 2.05) is 0 Å². The molecule has 2 nitrogen and oxygen atoms in total. The number of hydrogen-bond acceptors (Lipinski definition) is 2. The van der Waals surface area contributed by atoms with E-state index in [9.17, 15) is 0 Å². The first-order valence-corrected chi connectivity index (χ1v) is 7.82. The van der Waals surface area contributed by atoms with Gasteiger partial charge in [0, 0.05) is 19.3 Å². The van der Waals surface area contributed by atoms with Crippen LogP contribution in [0.5, 0.6) is 0 Å². The smallest absolute Gasteiger partial charge is 0.0466 e. The van der Waals surface area contributed by atoms with Gasteiger partial charge in [-0.3, -0.25) is 0 Å². The summed E-state index contributed by atoms with van der Waals surface area (Å²) >= 11 is 0. The van der Waals surface area contributed by atoms with Crippen LogP contribution in [-0.4, -0.2) is 37.7 Å². The van der Waals surface area contributed by atoms with Crippen molar-refractivity contribution in [3.63, 3.8) is 0 Å². The molecule has 0 amide bonds. The van der Waals surface area contributed by atoms with E-state index in [4.69, 9.17) is 4.74 Å². The molecular weight excluding hydrogens is 222 g/mol. The average molecular weight is 257 g/mol. The van der Waals surface area contributed by atoms with Crippen LogP contribution >= 0.6 is 0 Å². The van der Waals surface area contributed by atoms with E-state index in [-0.39, 0.29) is 0 Å². The number of ether oxygens (including phenoxy) is 1. The molecule has 0 aromatic heterocycles. The Morgan fingerprint density at radius 2 is 1.44 bits per heavy atom. The van der Waals surface area contributed by atoms with Crippen molar-refractivity contribution in [2.45, 2.75) is 72.3 Å². The molecule has 0 aromatic carbocycles. The molecule has 0 spiro atoms. The molecule has 0 heterocycles. The molecule has 110 valence electrons. The second-order valence-corrected chi connectivity index (χ2v) is 6.14. The molecule has 0 N–H and O–H groups in total. The van der Waals surface area contributed by atoms with Crippen molar-refractivity contribution in [1.29, 1.82) is 0 Å². The van der Waals surface area contributed by atoms with E-state index < -0.39 is 0 Å². The summed E-state index contributed by atoms with van der Waals surface area (Å²) in [6.45, 7) is 12.2. The van der Waals surface area contributed by atoms with Crippen molar-refractivity contribution in [2.75, 3.05) is 26.8 Å². The second-order valence-electron chi connectivity index (χ2n) is 6.14. The first kappa shape index (κ1) is 17.9. The highest BCUT2D eigenvalue weighted by Crippen LogP contribution is 2.05. The summed E-state index contributed by atoms with van der Waals surface area (Å²) in [5.74, 6) is 0.812. The Kier molecular flexibility index (Phi) is 11.9. The van der Waals surface area contributed by atoms with Crippen LogP contribution in [0.4, 0.5) is 0 Å². The van der Waals surface area contributed by atoms with Gasteiger partial charge in [-0.25, -0.2) is 0 Å². The van der Waals surface area contributed by atoms with Gasteiger partial charge in [-0.1, -0.05) is 26.7 Å². The Labute approximate surface area is 115 Å². The lowest BCUT2D eigenvalue weighted by Crippen LogP contribution is -2.27. The van der Waals surface area contributed by atoms with E-state index >= 15 is 0 Å². The van der Waals surface area contributed by atoms with Crippen molar-refractivity contribution in [3.8, 4) is 0 Å². The van der Waals surface area contributed by atoms with Crippen molar-refractivity contribution in [1.82, 2.24) is 4.90 Å². The van der Waals surface area contributed by atoms with Crippen molar-refractivity contribution < 1.29 is 4.74 Å². The highest BCUT2D eigenvalue weighted by atomic mass is 16.5. The maximum absolute atomic E-state index is 5.64. The Morgan fingerprint density at radius 3 is 2.06 bits per heavy atom. The van der Waals surface area contributed by atoms with Gasteiger partial charge in [0.2, 0.25) is 0 Å². The van der Waals surface area contributed by atoms with E-state index in [0.717, 1.165) is 19.1 Å². The number of hydrogen-bond donors (Lipinski definition) is 0. The minimum absolute atomic E-state index is 0.675. The van der Waals surface area contributed by atoms with Crippen molar-refractivity contribution in [2.24, 2.45) is 5.92 Å². The molecule has 0 aliphatic carbocycles. The molecule has 0 radical (unpaired) electrons. The Hall–Kier alpha value is -0.0800. The normalized spacial score (nSPS) is 12.0. The van der Waals surface area contributed by atoms with Gasteiger partial charge in [-0.05, 0) is 59.0 Å². The van der Waals surface area contributed by atoms with Gasteiger partial charge in [0.25, 0.3) is 0 Å². The molecule has 18 heavy (non-hydrogen) atoms. The van der Waals surface area contributed by atoms with Gasteiger partial charge >= 0.3 is 0 Å². The van der Waals surface area contributed by atoms with E-state index in [1.54, 1.807) is 0 Å². The van der Waals surface area contributed by atoms with Crippen LogP contribution in [0.15, 0.2) is 0 Å². The predicted octanol–water partition coefficient (Wildman–Crippen LogP) is 4.34. The van der Waals surface area contributed by atoms with Crippen LogP contribution in [-0.2, 0) is 4.74 Å². The highest BCUT2D eigenvalue weighted by Gasteiger charge is 2.01. The zero-order valence-electron chi connectivity index (χ0n) is 13.4. The molecule has 0 saturated carbocycles. The fourth-order valence-electron chi connectivity index (χ4n) is 1.87. The summed E-state index contributed by atoms with van der Waals surface area (Å²) in [6.07, 6.45) is 7.72. The minimum Gasteiger partial charge on any atom is -0.381 e. The van der Waals surface area contributed by atoms with Crippen LogP contribution in [0, 0.1) is 5.92 Å². The Bertz CT molecular complexity index is 168. The quantitative estimate of drug-likeness (QED) is 0.482. The number of nitrogens with zero attached hydrogens (tertiary/aromatic N) is 1. The topological polar surface area (TPSA) is 12.5 Å². The maximum Gasteiger partial charge on any atom is 0.0466 e. The van der Waals surface area contributed by atoms with E-state index in [1.165, 1.54) is 45.1 Å². The molecule has 0 fully saturated rings. The van der Waals surface area contributed by atoms with Crippen LogP contribution in [0.1, 0.15) is 66.2 Å². The van der Waals surface area contributed by atoms with Crippen LogP contribution < -0.4 is 0 Å². The monoisotopic (exact) mass is 257 g/mol. The van der Waals surface area contributed by atoms with Crippen LogP contribution in [0.2, 0.25) is 0 Å². The van der Waals surface area contributed by atoms with Gasteiger partial charge in [-0.15, -0.1) is 0 Å². The summed E-state index contributed by atoms with van der Waals surface area (Å²) < 4.78 is 5.64. The molecule has 0 saturated heterocycles. The van der Waals surface area contributed by atoms with Gasteiger partial charge < -0.3 is 9.64 Å². The van der Waals surface area contributed by atoms with E-state index in [2.05, 4.69) is 39.6 Å². The van der Waals surface area contributed by atoms with E-state index in [0.29, 0.717) is 6.04 Å². The molecule has 0 unspecified atom stereocenters. The molecule has 0 aliphatic rings. The fourth-order valence-corrected chi connectivity index (χ4v) is 1.87. The minimum atomic E-state index is 0.675. The van der Waals surface area contributed by atoms with Gasteiger partial charge in [0.05, 0.1) is 0 Å². The Balaban J connectivity index is 3.08. The summed E-state index contributed by atoms with van der Waals surface area (Å²) in [7, 11) is 2.21. The van der Waals surface area contributed by atoms with Gasteiger partial charge in [0.1, 0.15) is 0 Å². The third kappa shape index (κ3) is 12.4. The first-order chi connectivity index (χ1) is 8.54. The van der Waals surface area contributed by atoms with Gasteiger partial charge in [0.15, 0.2) is 0 Å². The molecule has 0 bridgehead atoms. The highest BCUT2D eigenvalue weighted by molar-refractivity contribution is 4.56. The molecule has 0 atom stereocenters. The lowest BCUT2D eigenvalue weighted by Gasteiger charge is -2.20. The lowest BCUT2D eigenvalue weighted by atomic mass is 10.1. The first-order valence-electron chi connectivity index (χ1n) is 7.82. The molecule has 0 aliphatic heterocycles. The molecule has 0 rings (SSSR count). The van der Waals surface area contributed by atoms with Crippen molar-refractivity contribution in [3.05, 3.63) is 0 Å². The summed E-state index contributed by atoms with van der Waals surface area (Å²) in [5, 5.41) is 0. The molecule has 2 heteroatoms. The summed E-state index contributed by atoms with van der Waals surface area (Å²) in [5.41, 5.74) is 0. The zero-order chi connectivity index (χ0) is 13.8. The standard InChI is InChI=1S/C16H35NO/c1-15(2)11-10-14-18-13-9-7-6-8-12-17(5)16(3)4/h15-16H,6-14H2,1-5H3. The molecular formula is C16H35NO. The second kappa shape index (κ2) is 12.0. The predicted molar refractivity (Wildman–Crippen MR) is 81.1 cm³/mol. The average Bonchev–Trinajstić information content (AvgIpc) is 2.30. The summed E-state index contributed by atoms with van der Waals surface area (Å²) in [4.78, 5) is 2.42. The zero-order valence-corrected chi connectivity index (χ0v) is 13.4. The SMILES string of the molecule is CC(C)CCCOCCCCCCN(C)C(C)C. The maximum atomic E-state index is 5.64.